The zero-order valence-corrected chi connectivity index (χ0v) is 18.1. The van der Waals surface area contributed by atoms with Gasteiger partial charge in [-0.05, 0) is 42.8 Å². The SMILES string of the molecule is Cc1ccc(N=C2SC(C(=O)Nc3ccc(Cl)c(Cl)c3)CC(=O)N2C)cc1Cl. The lowest BCUT2D eigenvalue weighted by atomic mass is 10.2. The van der Waals surface area contributed by atoms with Crippen LogP contribution in [0.2, 0.25) is 15.1 Å². The third-order valence-corrected chi connectivity index (χ3v) is 6.52. The van der Waals surface area contributed by atoms with Gasteiger partial charge in [0.15, 0.2) is 5.17 Å². The predicted octanol–water partition coefficient (Wildman–Crippen LogP) is 5.55. The number of nitrogens with zero attached hydrogens (tertiary/aromatic N) is 2. The summed E-state index contributed by atoms with van der Waals surface area (Å²) in [7, 11) is 1.64. The van der Waals surface area contributed by atoms with E-state index in [0.29, 0.717) is 31.6 Å². The van der Waals surface area contributed by atoms with Crippen LogP contribution in [0.5, 0.6) is 0 Å². The van der Waals surface area contributed by atoms with Gasteiger partial charge in [0.1, 0.15) is 5.25 Å². The van der Waals surface area contributed by atoms with E-state index in [0.717, 1.165) is 5.56 Å². The Kier molecular flexibility index (Phi) is 6.55. The first-order valence-electron chi connectivity index (χ1n) is 8.28. The molecule has 0 radical (unpaired) electrons. The van der Waals surface area contributed by atoms with E-state index in [-0.39, 0.29) is 18.2 Å². The van der Waals surface area contributed by atoms with Gasteiger partial charge in [-0.3, -0.25) is 14.5 Å². The van der Waals surface area contributed by atoms with Gasteiger partial charge in [-0.25, -0.2) is 4.99 Å². The Hall–Kier alpha value is -1.73. The topological polar surface area (TPSA) is 61.8 Å². The average molecular weight is 457 g/mol. The van der Waals surface area contributed by atoms with Crippen LogP contribution in [-0.2, 0) is 9.59 Å². The molecule has 5 nitrogen and oxygen atoms in total. The molecule has 1 aliphatic rings. The lowest BCUT2D eigenvalue weighted by Crippen LogP contribution is -2.43. The molecule has 1 atom stereocenters. The van der Waals surface area contributed by atoms with Crippen LogP contribution in [0.4, 0.5) is 11.4 Å². The second-order valence-electron chi connectivity index (χ2n) is 6.21. The molecule has 1 fully saturated rings. The highest BCUT2D eigenvalue weighted by molar-refractivity contribution is 8.15. The number of amides is 2. The number of amidine groups is 1. The normalized spacial score (nSPS) is 18.5. The molecule has 0 spiro atoms. The minimum atomic E-state index is -0.613. The number of aryl methyl sites for hydroxylation is 1. The quantitative estimate of drug-likeness (QED) is 0.659. The molecule has 1 N–H and O–H groups in total. The fourth-order valence-electron chi connectivity index (χ4n) is 2.46. The molecule has 0 bridgehead atoms. The summed E-state index contributed by atoms with van der Waals surface area (Å²) in [6.45, 7) is 1.90. The fraction of sp³-hybridized carbons (Fsp3) is 0.211. The van der Waals surface area contributed by atoms with Gasteiger partial charge in [-0.1, -0.05) is 52.6 Å². The standard InChI is InChI=1S/C19H16Cl3N3O2S/c1-10-3-4-12(7-14(10)21)24-19-25(2)17(26)9-16(28-19)18(27)23-11-5-6-13(20)15(22)8-11/h3-8,16H,9H2,1-2H3,(H,23,27). The lowest BCUT2D eigenvalue weighted by molar-refractivity contribution is -0.128. The molecule has 3 rings (SSSR count). The number of benzene rings is 2. The molecule has 0 saturated carbocycles. The molecule has 0 aromatic heterocycles. The smallest absolute Gasteiger partial charge is 0.238 e. The Bertz CT molecular complexity index is 981. The Morgan fingerprint density at radius 1 is 1.14 bits per heavy atom. The van der Waals surface area contributed by atoms with E-state index in [2.05, 4.69) is 10.3 Å². The van der Waals surface area contributed by atoms with Crippen molar-refractivity contribution in [3.05, 3.63) is 57.0 Å². The summed E-state index contributed by atoms with van der Waals surface area (Å²) in [5, 5.41) is 3.91. The molecule has 0 aliphatic carbocycles. The van der Waals surface area contributed by atoms with Crippen molar-refractivity contribution in [1.29, 1.82) is 0 Å². The number of hydrogen-bond donors (Lipinski definition) is 1. The minimum Gasteiger partial charge on any atom is -0.325 e. The van der Waals surface area contributed by atoms with Gasteiger partial charge in [0.2, 0.25) is 11.8 Å². The van der Waals surface area contributed by atoms with Crippen molar-refractivity contribution in [3.8, 4) is 0 Å². The van der Waals surface area contributed by atoms with Crippen molar-refractivity contribution >= 4 is 74.9 Å². The molecule has 146 valence electrons. The largest absolute Gasteiger partial charge is 0.325 e. The molecule has 28 heavy (non-hydrogen) atoms. The summed E-state index contributed by atoms with van der Waals surface area (Å²) < 4.78 is 0. The number of anilines is 1. The molecule has 2 amide bonds. The van der Waals surface area contributed by atoms with Crippen molar-refractivity contribution in [2.24, 2.45) is 4.99 Å². The zero-order chi connectivity index (χ0) is 20.4. The van der Waals surface area contributed by atoms with E-state index < -0.39 is 5.25 Å². The monoisotopic (exact) mass is 455 g/mol. The third kappa shape index (κ3) is 4.81. The van der Waals surface area contributed by atoms with E-state index in [9.17, 15) is 9.59 Å². The number of carbonyl (C=O) groups excluding carboxylic acids is 2. The van der Waals surface area contributed by atoms with E-state index >= 15 is 0 Å². The van der Waals surface area contributed by atoms with Crippen LogP contribution in [0.1, 0.15) is 12.0 Å². The average Bonchev–Trinajstić information content (AvgIpc) is 2.65. The fourth-order valence-corrected chi connectivity index (χ4v) is 3.99. The summed E-state index contributed by atoms with van der Waals surface area (Å²) in [6.07, 6.45) is 0.0714. The highest BCUT2D eigenvalue weighted by atomic mass is 35.5. The maximum Gasteiger partial charge on any atom is 0.238 e. The Labute approximate surface area is 182 Å². The lowest BCUT2D eigenvalue weighted by Gasteiger charge is -2.28. The predicted molar refractivity (Wildman–Crippen MR) is 117 cm³/mol. The number of carbonyl (C=O) groups is 2. The summed E-state index contributed by atoms with van der Waals surface area (Å²) in [4.78, 5) is 31.0. The Morgan fingerprint density at radius 2 is 1.89 bits per heavy atom. The summed E-state index contributed by atoms with van der Waals surface area (Å²) in [6, 6.07) is 10.2. The second-order valence-corrected chi connectivity index (χ2v) is 8.60. The Morgan fingerprint density at radius 3 is 2.57 bits per heavy atom. The van der Waals surface area contributed by atoms with Crippen molar-refractivity contribution < 1.29 is 9.59 Å². The number of aliphatic imine (C=N–C) groups is 1. The molecule has 2 aromatic rings. The van der Waals surface area contributed by atoms with Gasteiger partial charge < -0.3 is 5.32 Å². The molecule has 1 unspecified atom stereocenters. The third-order valence-electron chi connectivity index (χ3n) is 4.13. The molecule has 2 aromatic carbocycles. The molecule has 1 heterocycles. The van der Waals surface area contributed by atoms with Crippen LogP contribution < -0.4 is 5.32 Å². The van der Waals surface area contributed by atoms with Crippen LogP contribution in [0.15, 0.2) is 41.4 Å². The van der Waals surface area contributed by atoms with Crippen molar-refractivity contribution in [2.45, 2.75) is 18.6 Å². The van der Waals surface area contributed by atoms with E-state index in [1.54, 1.807) is 31.3 Å². The van der Waals surface area contributed by atoms with Gasteiger partial charge in [-0.2, -0.15) is 0 Å². The number of hydrogen-bond acceptors (Lipinski definition) is 4. The zero-order valence-electron chi connectivity index (χ0n) is 15.0. The summed E-state index contributed by atoms with van der Waals surface area (Å²) in [5.41, 5.74) is 2.06. The van der Waals surface area contributed by atoms with Crippen molar-refractivity contribution in [3.63, 3.8) is 0 Å². The molecular weight excluding hydrogens is 441 g/mol. The van der Waals surface area contributed by atoms with E-state index in [1.807, 2.05) is 19.1 Å². The highest BCUT2D eigenvalue weighted by Gasteiger charge is 2.34. The molecule has 9 heteroatoms. The second kappa shape index (κ2) is 8.74. The number of nitrogens with one attached hydrogen (secondary N) is 1. The van der Waals surface area contributed by atoms with Crippen molar-refractivity contribution in [1.82, 2.24) is 4.90 Å². The van der Waals surface area contributed by atoms with Gasteiger partial charge in [0, 0.05) is 24.2 Å². The number of halogens is 3. The van der Waals surface area contributed by atoms with E-state index in [4.69, 9.17) is 34.8 Å². The van der Waals surface area contributed by atoms with Crippen LogP contribution in [0, 0.1) is 6.92 Å². The first kappa shape index (κ1) is 21.0. The summed E-state index contributed by atoms with van der Waals surface area (Å²) in [5.74, 6) is -0.496. The van der Waals surface area contributed by atoms with Crippen molar-refractivity contribution in [2.75, 3.05) is 12.4 Å². The van der Waals surface area contributed by atoms with Crippen LogP contribution in [0.25, 0.3) is 0 Å². The van der Waals surface area contributed by atoms with Gasteiger partial charge >= 0.3 is 0 Å². The first-order chi connectivity index (χ1) is 13.2. The minimum absolute atomic E-state index is 0.0714. The highest BCUT2D eigenvalue weighted by Crippen LogP contribution is 2.31. The Balaban J connectivity index is 1.79. The van der Waals surface area contributed by atoms with Crippen LogP contribution in [0.3, 0.4) is 0 Å². The first-order valence-corrected chi connectivity index (χ1v) is 10.3. The number of thioether (sulfide) groups is 1. The van der Waals surface area contributed by atoms with Gasteiger partial charge in [-0.15, -0.1) is 0 Å². The van der Waals surface area contributed by atoms with E-state index in [1.165, 1.54) is 16.7 Å². The van der Waals surface area contributed by atoms with Crippen LogP contribution >= 0.6 is 46.6 Å². The van der Waals surface area contributed by atoms with Gasteiger partial charge in [0.25, 0.3) is 0 Å². The number of rotatable bonds is 3. The maximum atomic E-state index is 12.7. The summed E-state index contributed by atoms with van der Waals surface area (Å²) >= 11 is 19.3. The molecule has 1 aliphatic heterocycles. The molecular formula is C19H16Cl3N3O2S. The maximum absolute atomic E-state index is 12.7. The van der Waals surface area contributed by atoms with Crippen LogP contribution in [-0.4, -0.2) is 34.2 Å². The molecule has 1 saturated heterocycles. The van der Waals surface area contributed by atoms with Gasteiger partial charge in [0.05, 0.1) is 15.7 Å².